The fourth-order valence-electron chi connectivity index (χ4n) is 3.90. The van der Waals surface area contributed by atoms with Crippen molar-refractivity contribution in [2.75, 3.05) is 13.1 Å². The van der Waals surface area contributed by atoms with E-state index in [0.717, 1.165) is 17.8 Å². The van der Waals surface area contributed by atoms with Crippen molar-refractivity contribution in [3.8, 4) is 5.82 Å². The third-order valence-corrected chi connectivity index (χ3v) is 6.14. The van der Waals surface area contributed by atoms with Crippen LogP contribution in [0.25, 0.3) is 5.82 Å². The molecule has 3 aromatic rings. The third-order valence-electron chi connectivity index (χ3n) is 6.14. The van der Waals surface area contributed by atoms with Crippen LogP contribution in [0.2, 0.25) is 0 Å². The predicted octanol–water partition coefficient (Wildman–Crippen LogP) is 4.53. The molecule has 0 saturated carbocycles. The lowest BCUT2D eigenvalue weighted by molar-refractivity contribution is -0.137. The van der Waals surface area contributed by atoms with Crippen molar-refractivity contribution in [3.05, 3.63) is 77.5 Å². The molecule has 0 amide bonds. The molecule has 38 heavy (non-hydrogen) atoms. The highest BCUT2D eigenvalue weighted by molar-refractivity contribution is 5.30. The molecular formula is C28H38F3N5O2. The number of β-amino-alcohol motifs (C(OH)–C–C–N with tert-alkyl or cyclic N) is 2. The number of nitrogens with one attached hydrogen (secondary N) is 2. The van der Waals surface area contributed by atoms with Gasteiger partial charge in [0.2, 0.25) is 0 Å². The van der Waals surface area contributed by atoms with Crippen LogP contribution in [-0.2, 0) is 18.2 Å². The zero-order chi connectivity index (χ0) is 28.4. The van der Waals surface area contributed by atoms with E-state index >= 15 is 0 Å². The number of aliphatic hydroxyl groups excluding tert-OH is 1. The monoisotopic (exact) mass is 533 g/mol. The average molecular weight is 534 g/mol. The van der Waals surface area contributed by atoms with E-state index in [-0.39, 0.29) is 17.8 Å². The molecule has 3 heterocycles. The number of alkyl halides is 3. The Morgan fingerprint density at radius 3 is 2.29 bits per heavy atom. The Bertz CT molecular complexity index is 1200. The first-order valence-corrected chi connectivity index (χ1v) is 12.5. The number of nitrogens with zero attached hydrogens (tertiary/aromatic N) is 3. The van der Waals surface area contributed by atoms with E-state index in [1.165, 1.54) is 6.07 Å². The summed E-state index contributed by atoms with van der Waals surface area (Å²) < 4.78 is 40.1. The number of rotatable bonds is 10. The molecule has 2 atom stereocenters. The van der Waals surface area contributed by atoms with Gasteiger partial charge in [-0.25, -0.2) is 4.98 Å². The second-order valence-electron chi connectivity index (χ2n) is 11.6. The largest absolute Gasteiger partial charge is 0.417 e. The Balaban J connectivity index is 1.62. The number of pyridine rings is 2. The van der Waals surface area contributed by atoms with Crippen molar-refractivity contribution in [2.45, 2.75) is 76.9 Å². The highest BCUT2D eigenvalue weighted by atomic mass is 19.4. The first-order valence-electron chi connectivity index (χ1n) is 12.5. The topological polar surface area (TPSA) is 95.2 Å². The molecule has 0 aromatic carbocycles. The Morgan fingerprint density at radius 2 is 1.68 bits per heavy atom. The lowest BCUT2D eigenvalue weighted by Crippen LogP contribution is -2.45. The summed E-state index contributed by atoms with van der Waals surface area (Å²) in [6.07, 6.45) is -0.290. The maximum absolute atomic E-state index is 12.8. The van der Waals surface area contributed by atoms with E-state index < -0.39 is 29.0 Å². The van der Waals surface area contributed by atoms with E-state index in [0.29, 0.717) is 24.5 Å². The van der Waals surface area contributed by atoms with Gasteiger partial charge in [0.1, 0.15) is 17.5 Å². The lowest BCUT2D eigenvalue weighted by atomic mass is 9.96. The number of halogens is 3. The normalized spacial score (nSPS) is 15.3. The van der Waals surface area contributed by atoms with Gasteiger partial charge in [-0.1, -0.05) is 6.07 Å². The van der Waals surface area contributed by atoms with Crippen molar-refractivity contribution in [1.29, 1.82) is 0 Å². The molecule has 10 heteroatoms. The summed E-state index contributed by atoms with van der Waals surface area (Å²) in [5, 5.41) is 28.0. The first kappa shape index (κ1) is 29.8. The SMILES string of the molecule is CC(C)(C)NCC(C)(O)c1cccc(-n2ccc(CC(C)(C)NC[C@@H](O)c3ccc(C(F)(F)F)cn3)c2)n1. The minimum atomic E-state index is -4.47. The van der Waals surface area contributed by atoms with Gasteiger partial charge in [0.15, 0.2) is 0 Å². The summed E-state index contributed by atoms with van der Waals surface area (Å²) in [5.74, 6) is 0.680. The standard InChI is InChI=1S/C28H38F3N5O2/c1-25(2,3)34-18-27(6,38)23-8-7-9-24(35-23)36-13-12-19(17-36)14-26(4,5)33-16-22(37)21-11-10-20(15-32-21)28(29,30)31/h7-13,15,17,22,33-34,37-38H,14,16,18H2,1-6H3/t22-,27?/m1/s1. The van der Waals surface area contributed by atoms with E-state index in [1.807, 2.05) is 75.8 Å². The second kappa shape index (κ2) is 11.1. The zero-order valence-corrected chi connectivity index (χ0v) is 22.8. The molecule has 7 nitrogen and oxygen atoms in total. The van der Waals surface area contributed by atoms with Gasteiger partial charge in [0.25, 0.3) is 0 Å². The van der Waals surface area contributed by atoms with Crippen LogP contribution >= 0.6 is 0 Å². The van der Waals surface area contributed by atoms with Crippen molar-refractivity contribution >= 4 is 0 Å². The highest BCUT2D eigenvalue weighted by Crippen LogP contribution is 2.29. The molecule has 3 rings (SSSR count). The van der Waals surface area contributed by atoms with Crippen molar-refractivity contribution < 1.29 is 23.4 Å². The molecular weight excluding hydrogens is 495 g/mol. The highest BCUT2D eigenvalue weighted by Gasteiger charge is 2.31. The molecule has 1 unspecified atom stereocenters. The Kier molecular flexibility index (Phi) is 8.72. The summed E-state index contributed by atoms with van der Waals surface area (Å²) in [6, 6.07) is 9.64. The number of hydrogen-bond donors (Lipinski definition) is 4. The molecule has 0 saturated heterocycles. The molecule has 3 aromatic heterocycles. The van der Waals surface area contributed by atoms with Crippen LogP contribution in [0, 0.1) is 0 Å². The van der Waals surface area contributed by atoms with Crippen molar-refractivity contribution in [1.82, 2.24) is 25.2 Å². The summed E-state index contributed by atoms with van der Waals surface area (Å²) in [4.78, 5) is 8.46. The van der Waals surface area contributed by atoms with Gasteiger partial charge in [0.05, 0.1) is 17.0 Å². The molecule has 0 fully saturated rings. The fourth-order valence-corrected chi connectivity index (χ4v) is 3.90. The Hall–Kier alpha value is -2.79. The van der Waals surface area contributed by atoms with Crippen LogP contribution in [0.1, 0.15) is 70.2 Å². The summed E-state index contributed by atoms with van der Waals surface area (Å²) in [6.45, 7) is 12.3. The molecule has 0 spiro atoms. The Morgan fingerprint density at radius 1 is 0.974 bits per heavy atom. The average Bonchev–Trinajstić information content (AvgIpc) is 3.28. The minimum Gasteiger partial charge on any atom is -0.385 e. The first-order chi connectivity index (χ1) is 17.5. The van der Waals surface area contributed by atoms with Gasteiger partial charge in [-0.05, 0) is 83.9 Å². The van der Waals surface area contributed by atoms with Gasteiger partial charge in [-0.3, -0.25) is 4.98 Å². The van der Waals surface area contributed by atoms with Crippen LogP contribution in [-0.4, -0.2) is 48.9 Å². The molecule has 0 aliphatic heterocycles. The predicted molar refractivity (Wildman–Crippen MR) is 141 cm³/mol. The summed E-state index contributed by atoms with van der Waals surface area (Å²) in [5.41, 5.74) is -0.788. The summed E-state index contributed by atoms with van der Waals surface area (Å²) >= 11 is 0. The number of aromatic nitrogens is 3. The molecule has 208 valence electrons. The van der Waals surface area contributed by atoms with Gasteiger partial charge in [-0.15, -0.1) is 0 Å². The second-order valence-corrected chi connectivity index (χ2v) is 11.6. The maximum atomic E-state index is 12.8. The van der Waals surface area contributed by atoms with Crippen molar-refractivity contribution in [3.63, 3.8) is 0 Å². The van der Waals surface area contributed by atoms with Crippen LogP contribution < -0.4 is 10.6 Å². The molecule has 0 bridgehead atoms. The minimum absolute atomic E-state index is 0.132. The lowest BCUT2D eigenvalue weighted by Gasteiger charge is -2.29. The third kappa shape index (κ3) is 8.36. The quantitative estimate of drug-likeness (QED) is 0.306. The van der Waals surface area contributed by atoms with Crippen LogP contribution in [0.15, 0.2) is 55.0 Å². The van der Waals surface area contributed by atoms with Gasteiger partial charge < -0.3 is 25.4 Å². The van der Waals surface area contributed by atoms with Crippen LogP contribution in [0.4, 0.5) is 13.2 Å². The molecule has 0 aliphatic carbocycles. The van der Waals surface area contributed by atoms with E-state index in [9.17, 15) is 23.4 Å². The van der Waals surface area contributed by atoms with E-state index in [2.05, 4.69) is 20.6 Å². The Labute approximate surface area is 222 Å². The number of aliphatic hydroxyl groups is 2. The maximum Gasteiger partial charge on any atom is 0.417 e. The summed E-state index contributed by atoms with van der Waals surface area (Å²) in [7, 11) is 0. The zero-order valence-electron chi connectivity index (χ0n) is 22.8. The molecule has 0 aliphatic rings. The van der Waals surface area contributed by atoms with Gasteiger partial charge in [-0.2, -0.15) is 13.2 Å². The number of hydrogen-bond acceptors (Lipinski definition) is 6. The smallest absolute Gasteiger partial charge is 0.385 e. The van der Waals surface area contributed by atoms with Crippen molar-refractivity contribution in [2.24, 2.45) is 0 Å². The van der Waals surface area contributed by atoms with E-state index in [1.54, 1.807) is 6.92 Å². The molecule has 4 N–H and O–H groups in total. The molecule has 0 radical (unpaired) electrons. The van der Waals surface area contributed by atoms with Crippen LogP contribution in [0.5, 0.6) is 0 Å². The fraction of sp³-hybridized carbons (Fsp3) is 0.500. The van der Waals surface area contributed by atoms with Gasteiger partial charge in [0, 0.05) is 42.8 Å². The van der Waals surface area contributed by atoms with Gasteiger partial charge >= 0.3 is 6.18 Å². The van der Waals surface area contributed by atoms with Crippen LogP contribution in [0.3, 0.4) is 0 Å². The van der Waals surface area contributed by atoms with E-state index in [4.69, 9.17) is 0 Å².